The van der Waals surface area contributed by atoms with E-state index in [1.807, 2.05) is 10.9 Å². The van der Waals surface area contributed by atoms with Crippen LogP contribution < -0.4 is 44.2 Å². The van der Waals surface area contributed by atoms with E-state index in [-0.39, 0.29) is 69.4 Å². The van der Waals surface area contributed by atoms with E-state index >= 15 is 0 Å². The number of carbonyl (C=O) groups excluding carboxylic acids is 8. The van der Waals surface area contributed by atoms with Gasteiger partial charge in [-0.15, -0.1) is 0 Å². The van der Waals surface area contributed by atoms with Crippen molar-refractivity contribution in [2.75, 3.05) is 7.05 Å². The first kappa shape index (κ1) is 49.2. The number of nitrogen functional groups attached to an aromatic ring is 2. The third-order valence-corrected chi connectivity index (χ3v) is 6.92. The van der Waals surface area contributed by atoms with Crippen LogP contribution in [-0.4, -0.2) is 52.9 Å². The summed E-state index contributed by atoms with van der Waals surface area (Å²) in [5.74, 6) is 7.56. The van der Waals surface area contributed by atoms with E-state index in [0.717, 1.165) is 0 Å². The number of rotatable bonds is 9. The number of nitrogens with one attached hydrogen (secondary N) is 6. The summed E-state index contributed by atoms with van der Waals surface area (Å²) in [6, 6.07) is 23.8. The van der Waals surface area contributed by atoms with Gasteiger partial charge < -0.3 is 0 Å². The molecule has 16 nitrogen and oxygen atoms in total. The van der Waals surface area contributed by atoms with Crippen LogP contribution in [0.15, 0.2) is 97.1 Å². The molecular formula is C34H35Cl2N8O8PU. The van der Waals surface area contributed by atoms with Gasteiger partial charge in [-0.2, -0.15) is 9.90 Å². The first-order valence-electron chi connectivity index (χ1n) is 14.6. The summed E-state index contributed by atoms with van der Waals surface area (Å²) in [7, 11) is 1.57. The van der Waals surface area contributed by atoms with Crippen LogP contribution in [0, 0.1) is 31.1 Å². The van der Waals surface area contributed by atoms with Gasteiger partial charge in [-0.3, -0.25) is 65.5 Å². The van der Waals surface area contributed by atoms with E-state index in [1.54, 1.807) is 13.1 Å². The second-order valence-corrected chi connectivity index (χ2v) is 10.7. The SMILES string of the molecule is CNNC(=O)c1ccc(C(=O)NNC(=O)c2ccc(C(C)=O)cc2)cc1.NNC(=O)c1ccc(C(=O)NN)cc1.O=C(Cl)c1cccc(C(=O)Cl)c1.P.[U]. The minimum Gasteiger partial charge on any atom is -0.295 e. The molecule has 5 amide bonds. The van der Waals surface area contributed by atoms with Crippen molar-refractivity contribution in [1.29, 1.82) is 0 Å². The van der Waals surface area contributed by atoms with Crippen molar-refractivity contribution in [3.05, 3.63) is 142 Å². The molecule has 0 saturated heterocycles. The fraction of sp³-hybridized carbons (Fsp3) is 0.0588. The summed E-state index contributed by atoms with van der Waals surface area (Å²) in [6.07, 6.45) is 0. The van der Waals surface area contributed by atoms with Gasteiger partial charge in [0.05, 0.1) is 0 Å². The van der Waals surface area contributed by atoms with Crippen molar-refractivity contribution in [3.8, 4) is 0 Å². The molecule has 0 saturated carbocycles. The largest absolute Gasteiger partial charge is 0.295 e. The van der Waals surface area contributed by atoms with E-state index in [0.29, 0.717) is 27.8 Å². The molecule has 0 bridgehead atoms. The zero-order valence-electron chi connectivity index (χ0n) is 28.6. The predicted molar refractivity (Wildman–Crippen MR) is 202 cm³/mol. The molecule has 4 aromatic carbocycles. The number of Topliss-reactive ketones (excluding diaryl/α,β-unsaturated/α-hetero) is 1. The zero-order valence-corrected chi connectivity index (χ0v) is 35.7. The van der Waals surface area contributed by atoms with Gasteiger partial charge in [0, 0.05) is 82.7 Å². The standard InChI is InChI=1S/C18H18N4O4.C8H4Cl2O2.C8H10N4O2.H3P.U/c1-11(23)12-3-5-14(6-4-12)17(25)21-22-18(26)15-9-7-13(8-10-15)16(24)20-19-2;9-7(11)5-2-1-3-6(4-5)8(10)12;9-11-7(13)5-1-2-6(4-3-5)8(14)12-10;;/h3-10,19H,1-2H3,(H,20,24)(H,21,25)(H,22,26);1-4H;1-4H,9-10H2,(H,11,13)(H,12,14);1H3;. The molecule has 0 aliphatic rings. The van der Waals surface area contributed by atoms with Crippen LogP contribution in [0.5, 0.6) is 0 Å². The molecule has 0 fully saturated rings. The Morgan fingerprint density at radius 2 is 0.741 bits per heavy atom. The van der Waals surface area contributed by atoms with Crippen molar-refractivity contribution in [1.82, 2.24) is 32.6 Å². The number of nitrogens with two attached hydrogens (primary N) is 2. The smallest absolute Gasteiger partial charge is 0.269 e. The Morgan fingerprint density at radius 3 is 1.00 bits per heavy atom. The van der Waals surface area contributed by atoms with Crippen molar-refractivity contribution < 1.29 is 69.5 Å². The Hall–Kier alpha value is -4.82. The van der Waals surface area contributed by atoms with Gasteiger partial charge in [-0.25, -0.2) is 17.1 Å². The van der Waals surface area contributed by atoms with Gasteiger partial charge in [-0.1, -0.05) is 30.3 Å². The predicted octanol–water partition coefficient (Wildman–Crippen LogP) is 2.22. The summed E-state index contributed by atoms with van der Waals surface area (Å²) in [6.45, 7) is 1.43. The van der Waals surface area contributed by atoms with Crippen LogP contribution in [0.2, 0.25) is 0 Å². The van der Waals surface area contributed by atoms with Crippen LogP contribution in [0.1, 0.15) is 89.8 Å². The van der Waals surface area contributed by atoms with Crippen LogP contribution in [0.25, 0.3) is 0 Å². The maximum Gasteiger partial charge on any atom is 0.269 e. The van der Waals surface area contributed by atoms with E-state index in [2.05, 4.69) is 21.7 Å². The molecule has 20 heteroatoms. The quantitative estimate of drug-likeness (QED) is 0.0301. The Kier molecular flexibility index (Phi) is 23.0. The van der Waals surface area contributed by atoms with E-state index in [4.69, 9.17) is 34.9 Å². The minimum absolute atomic E-state index is 0. The van der Waals surface area contributed by atoms with Crippen LogP contribution >= 0.6 is 33.1 Å². The second kappa shape index (κ2) is 25.2. The van der Waals surface area contributed by atoms with Crippen molar-refractivity contribution >= 4 is 78.9 Å². The monoisotopic (exact) mass is 1020 g/mol. The zero-order chi connectivity index (χ0) is 38.8. The van der Waals surface area contributed by atoms with E-state index < -0.39 is 34.1 Å². The molecule has 0 aliphatic carbocycles. The average Bonchev–Trinajstić information content (AvgIpc) is 3.16. The van der Waals surface area contributed by atoms with E-state index in [9.17, 15) is 38.4 Å². The van der Waals surface area contributed by atoms with Crippen LogP contribution in [0.4, 0.5) is 0 Å². The molecular weight excluding hydrogens is 988 g/mol. The maximum absolute atomic E-state index is 12.0. The molecule has 4 rings (SSSR count). The third-order valence-electron chi connectivity index (χ3n) is 6.48. The molecule has 0 spiro atoms. The first-order chi connectivity index (χ1) is 24.7. The number of hydrazine groups is 4. The van der Waals surface area contributed by atoms with Gasteiger partial charge in [0.25, 0.3) is 40.0 Å². The molecule has 282 valence electrons. The van der Waals surface area contributed by atoms with Crippen molar-refractivity contribution in [2.24, 2.45) is 11.7 Å². The topological polar surface area (TPSA) is 261 Å². The normalized spacial score (nSPS) is 9.30. The number of carbonyl (C=O) groups is 8. The number of halogens is 2. The molecule has 0 aliphatic heterocycles. The molecule has 54 heavy (non-hydrogen) atoms. The third kappa shape index (κ3) is 16.0. The molecule has 1 unspecified atom stereocenters. The van der Waals surface area contributed by atoms with Gasteiger partial charge in [-0.05, 0) is 96.9 Å². The first-order valence-corrected chi connectivity index (χ1v) is 15.4. The molecule has 0 heterocycles. The number of amides is 5. The van der Waals surface area contributed by atoms with Crippen molar-refractivity contribution in [2.45, 2.75) is 6.92 Å². The van der Waals surface area contributed by atoms with Gasteiger partial charge in [0.15, 0.2) is 5.78 Å². The summed E-state index contributed by atoms with van der Waals surface area (Å²) in [4.78, 5) is 90.1. The van der Waals surface area contributed by atoms with E-state index in [1.165, 1.54) is 97.9 Å². The Labute approximate surface area is 346 Å². The Bertz CT molecular complexity index is 1890. The van der Waals surface area contributed by atoms with Crippen LogP contribution in [0.3, 0.4) is 0 Å². The Morgan fingerprint density at radius 1 is 0.463 bits per heavy atom. The number of hydrogen-bond acceptors (Lipinski definition) is 11. The number of benzene rings is 4. The molecule has 10 N–H and O–H groups in total. The molecule has 0 aromatic heterocycles. The number of hydrogen-bond donors (Lipinski definition) is 8. The molecule has 4 aromatic rings. The van der Waals surface area contributed by atoms with Gasteiger partial charge in [0.2, 0.25) is 0 Å². The summed E-state index contributed by atoms with van der Waals surface area (Å²) in [5.41, 5.74) is 16.2. The molecule has 1 atom stereocenters. The minimum atomic E-state index is -0.602. The summed E-state index contributed by atoms with van der Waals surface area (Å²) in [5, 5.41) is -1.20. The summed E-state index contributed by atoms with van der Waals surface area (Å²) < 4.78 is 0. The molecule has 0 radical (unpaired) electrons. The van der Waals surface area contributed by atoms with Gasteiger partial charge in [0.1, 0.15) is 0 Å². The Balaban J connectivity index is 0.000000848. The fourth-order valence-electron chi connectivity index (χ4n) is 3.78. The summed E-state index contributed by atoms with van der Waals surface area (Å²) >= 11 is 10.4. The van der Waals surface area contributed by atoms with Crippen molar-refractivity contribution in [3.63, 3.8) is 0 Å². The number of ketones is 1. The average molecular weight is 1020 g/mol. The fourth-order valence-corrected chi connectivity index (χ4v) is 4.01. The maximum atomic E-state index is 12.0. The van der Waals surface area contributed by atoms with Gasteiger partial charge >= 0.3 is 0 Å². The van der Waals surface area contributed by atoms with Crippen LogP contribution in [-0.2, 0) is 0 Å². The second-order valence-electron chi connectivity index (χ2n) is 9.98.